The second kappa shape index (κ2) is 3.74. The third kappa shape index (κ3) is 3.95. The van der Waals surface area contributed by atoms with E-state index >= 15 is 0 Å². The Morgan fingerprint density at radius 2 is 1.33 bits per heavy atom. The minimum absolute atomic E-state index is 0.344. The largest absolute Gasteiger partial charge is 0.126 e. The van der Waals surface area contributed by atoms with Crippen molar-refractivity contribution in [1.82, 2.24) is 0 Å². The van der Waals surface area contributed by atoms with Gasteiger partial charge in [0, 0.05) is 0 Å². The lowest BCUT2D eigenvalue weighted by atomic mass is 11.3. The maximum absolute atomic E-state index is 5.24. The van der Waals surface area contributed by atoms with Gasteiger partial charge in [0.15, 0.2) is 0 Å². The molecule has 0 amide bonds. The van der Waals surface area contributed by atoms with Gasteiger partial charge < -0.3 is 0 Å². The maximum Gasteiger partial charge on any atom is 0.126 e. The van der Waals surface area contributed by atoms with Gasteiger partial charge in [0.25, 0.3) is 0 Å². The average Bonchev–Trinajstić information content (AvgIpc) is 1.36. The fraction of sp³-hybridized carbons (Fsp3) is 0. The van der Waals surface area contributed by atoms with Gasteiger partial charge in [-0.15, -0.1) is 0 Å². The van der Waals surface area contributed by atoms with Crippen LogP contribution in [-0.4, -0.2) is 0 Å². The second-order valence-electron chi connectivity index (χ2n) is 0.521. The highest BCUT2D eigenvalue weighted by molar-refractivity contribution is 14.2. The van der Waals surface area contributed by atoms with E-state index in [1.807, 2.05) is 45.2 Å². The third-order valence-electron chi connectivity index (χ3n) is 0.143. The summed E-state index contributed by atoms with van der Waals surface area (Å²) in [5.74, 6) is 0. The van der Waals surface area contributed by atoms with Gasteiger partial charge in [0.05, 0.1) is 1.59 Å². The first kappa shape index (κ1) is 7.78. The first-order valence-electron chi connectivity index (χ1n) is 1.01. The summed E-state index contributed by atoms with van der Waals surface area (Å²) in [6.07, 6.45) is 0. The van der Waals surface area contributed by atoms with Gasteiger partial charge in [-0.1, -0.05) is 23.2 Å². The van der Waals surface area contributed by atoms with E-state index < -0.39 is 0 Å². The van der Waals surface area contributed by atoms with Gasteiger partial charge in [-0.05, 0) is 45.2 Å². The smallest absolute Gasteiger partial charge is 0.0692 e. The molecule has 0 saturated carbocycles. The summed E-state index contributed by atoms with van der Waals surface area (Å²) < 4.78 is 1.24. The summed E-state index contributed by atoms with van der Waals surface area (Å²) in [5.41, 5.74) is 0. The number of halogens is 4. The molecule has 0 aromatic rings. The van der Waals surface area contributed by atoms with Crippen molar-refractivity contribution in [3.63, 3.8) is 0 Å². The molecule has 0 aromatic heterocycles. The molecule has 4 heteroatoms. The van der Waals surface area contributed by atoms with Gasteiger partial charge >= 0.3 is 0 Å². The monoisotopic (exact) mass is 348 g/mol. The summed E-state index contributed by atoms with van der Waals surface area (Å²) in [6.45, 7) is 0. The summed E-state index contributed by atoms with van der Waals surface area (Å²) >= 11 is 14.6. The van der Waals surface area contributed by atoms with Crippen molar-refractivity contribution in [2.24, 2.45) is 0 Å². The highest BCUT2D eigenvalue weighted by Crippen LogP contribution is 2.25. The molecule has 6 heavy (non-hydrogen) atoms. The van der Waals surface area contributed by atoms with Crippen molar-refractivity contribution in [3.8, 4) is 0 Å². The molecular formula is C2Cl2I2. The molecule has 0 bridgehead atoms. The molecule has 0 aliphatic carbocycles. The Balaban J connectivity index is 3.68. The molecule has 0 radical (unpaired) electrons. The summed E-state index contributed by atoms with van der Waals surface area (Å²) in [7, 11) is 0. The highest BCUT2D eigenvalue weighted by Gasteiger charge is 1.86. The third-order valence-corrected chi connectivity index (χ3v) is 2.87. The minimum atomic E-state index is 0.344. The van der Waals surface area contributed by atoms with Crippen LogP contribution in [0.25, 0.3) is 0 Å². The van der Waals surface area contributed by atoms with Crippen LogP contribution in [0.5, 0.6) is 0 Å². The lowest BCUT2D eigenvalue weighted by Crippen LogP contribution is -1.45. The second-order valence-corrected chi connectivity index (χ2v) is 5.69. The van der Waals surface area contributed by atoms with Crippen LogP contribution in [0.1, 0.15) is 0 Å². The van der Waals surface area contributed by atoms with Crippen molar-refractivity contribution in [3.05, 3.63) is 6.08 Å². The zero-order chi connectivity index (χ0) is 5.15. The SMILES string of the molecule is ClC(Cl)=C(I)I. The Morgan fingerprint density at radius 1 is 1.17 bits per heavy atom. The summed E-state index contributed by atoms with van der Waals surface area (Å²) in [4.78, 5) is 0. The molecule has 0 N–H and O–H groups in total. The van der Waals surface area contributed by atoms with Crippen LogP contribution < -0.4 is 0 Å². The molecular weight excluding hydrogens is 349 g/mol. The standard InChI is InChI=1S/C2Cl2I2/c3-1(4)2(5)6. The van der Waals surface area contributed by atoms with E-state index in [9.17, 15) is 0 Å². The van der Waals surface area contributed by atoms with Gasteiger partial charge in [-0.2, -0.15) is 0 Å². The van der Waals surface area contributed by atoms with Gasteiger partial charge in [-0.25, -0.2) is 0 Å². The van der Waals surface area contributed by atoms with Crippen molar-refractivity contribution in [2.45, 2.75) is 0 Å². The van der Waals surface area contributed by atoms with Crippen molar-refractivity contribution in [2.75, 3.05) is 0 Å². The predicted octanol–water partition coefficient (Wildman–Crippen LogP) is 3.46. The van der Waals surface area contributed by atoms with E-state index in [0.717, 1.165) is 1.59 Å². The molecule has 0 saturated heterocycles. The highest BCUT2D eigenvalue weighted by atomic mass is 127. The molecule has 0 heterocycles. The molecule has 0 nitrogen and oxygen atoms in total. The van der Waals surface area contributed by atoms with Crippen molar-refractivity contribution < 1.29 is 0 Å². The normalized spacial score (nSPS) is 8.00. The minimum Gasteiger partial charge on any atom is -0.0692 e. The van der Waals surface area contributed by atoms with Crippen LogP contribution in [0.4, 0.5) is 0 Å². The number of rotatable bonds is 0. The molecule has 0 fully saturated rings. The first-order valence-corrected chi connectivity index (χ1v) is 3.92. The number of hydrogen-bond donors (Lipinski definition) is 0. The molecule has 0 atom stereocenters. The van der Waals surface area contributed by atoms with Gasteiger partial charge in [0.2, 0.25) is 0 Å². The molecule has 0 spiro atoms. The van der Waals surface area contributed by atoms with Crippen LogP contribution >= 0.6 is 68.4 Å². The Morgan fingerprint density at radius 3 is 1.33 bits per heavy atom. The molecule has 0 rings (SSSR count). The van der Waals surface area contributed by atoms with E-state index in [1.54, 1.807) is 0 Å². The number of hydrogen-bond acceptors (Lipinski definition) is 0. The lowest BCUT2D eigenvalue weighted by Gasteiger charge is -1.77. The maximum atomic E-state index is 5.24. The van der Waals surface area contributed by atoms with Crippen LogP contribution in [0.2, 0.25) is 0 Å². The van der Waals surface area contributed by atoms with Crippen LogP contribution in [0, 0.1) is 0 Å². The van der Waals surface area contributed by atoms with Gasteiger partial charge in [-0.3, -0.25) is 0 Å². The van der Waals surface area contributed by atoms with E-state index in [1.165, 1.54) is 0 Å². The Hall–Kier alpha value is 1.78. The lowest BCUT2D eigenvalue weighted by molar-refractivity contribution is 2.40. The van der Waals surface area contributed by atoms with Crippen LogP contribution in [0.15, 0.2) is 6.08 Å². The van der Waals surface area contributed by atoms with E-state index in [2.05, 4.69) is 0 Å². The Labute approximate surface area is 73.5 Å². The predicted molar refractivity (Wildman–Crippen MR) is 46.8 cm³/mol. The fourth-order valence-electron chi connectivity index (χ4n) is 0. The van der Waals surface area contributed by atoms with Gasteiger partial charge in [0.1, 0.15) is 4.49 Å². The summed E-state index contributed by atoms with van der Waals surface area (Å²) in [5, 5.41) is 0. The van der Waals surface area contributed by atoms with Crippen molar-refractivity contribution in [1.29, 1.82) is 0 Å². The zero-order valence-electron chi connectivity index (χ0n) is 2.51. The molecule has 0 aromatic carbocycles. The Kier molecular flexibility index (Phi) is 4.85. The average molecular weight is 349 g/mol. The zero-order valence-corrected chi connectivity index (χ0v) is 8.34. The molecule has 0 aliphatic heterocycles. The molecule has 0 aliphatic rings. The van der Waals surface area contributed by atoms with E-state index in [-0.39, 0.29) is 0 Å². The fourth-order valence-corrected chi connectivity index (χ4v) is 0. The van der Waals surface area contributed by atoms with Crippen LogP contribution in [0.3, 0.4) is 0 Å². The quantitative estimate of drug-likeness (QED) is 0.588. The van der Waals surface area contributed by atoms with Crippen LogP contribution in [-0.2, 0) is 0 Å². The summed E-state index contributed by atoms with van der Waals surface area (Å²) in [6, 6.07) is 0. The van der Waals surface area contributed by atoms with E-state index in [0.29, 0.717) is 4.49 Å². The van der Waals surface area contributed by atoms with Crippen molar-refractivity contribution >= 4 is 68.4 Å². The molecule has 0 unspecified atom stereocenters. The van der Waals surface area contributed by atoms with E-state index in [4.69, 9.17) is 23.2 Å². The Bertz CT molecular complexity index is 59.6. The topological polar surface area (TPSA) is 0 Å². The molecule has 36 valence electrons. The first-order chi connectivity index (χ1) is 2.64.